The number of benzene rings is 1. The smallest absolute Gasteiger partial charge is 0.303 e. The van der Waals surface area contributed by atoms with Crippen molar-refractivity contribution in [3.63, 3.8) is 0 Å². The van der Waals surface area contributed by atoms with E-state index in [1.165, 1.54) is 0 Å². The van der Waals surface area contributed by atoms with E-state index in [0.717, 1.165) is 6.42 Å². The topological polar surface area (TPSA) is 66.8 Å². The lowest BCUT2D eigenvalue weighted by Crippen LogP contribution is -2.33. The zero-order chi connectivity index (χ0) is 15.4. The number of hydrogen-bond acceptors (Lipinski definition) is 3. The Morgan fingerprint density at radius 1 is 1.48 bits per heavy atom. The molecule has 21 heavy (non-hydrogen) atoms. The van der Waals surface area contributed by atoms with Crippen LogP contribution < -0.4 is 4.74 Å². The third kappa shape index (κ3) is 4.61. The van der Waals surface area contributed by atoms with Gasteiger partial charge in [-0.15, -0.1) is 0 Å². The molecule has 1 saturated heterocycles. The number of carbonyl (C=O) groups excluding carboxylic acids is 1. The van der Waals surface area contributed by atoms with Gasteiger partial charge in [-0.2, -0.15) is 0 Å². The van der Waals surface area contributed by atoms with E-state index in [1.54, 1.807) is 23.1 Å². The van der Waals surface area contributed by atoms with Crippen LogP contribution in [0.4, 0.5) is 0 Å². The number of carboxylic acids is 1. The van der Waals surface area contributed by atoms with Crippen LogP contribution in [0.15, 0.2) is 22.7 Å². The highest BCUT2D eigenvalue weighted by molar-refractivity contribution is 9.10. The summed E-state index contributed by atoms with van der Waals surface area (Å²) >= 11 is 9.15. The van der Waals surface area contributed by atoms with Crippen molar-refractivity contribution in [1.82, 2.24) is 4.90 Å². The first-order valence-electron chi connectivity index (χ1n) is 6.53. The number of rotatable bonds is 5. The lowest BCUT2D eigenvalue weighted by molar-refractivity contribution is -0.138. The largest absolute Gasteiger partial charge is 0.483 e. The lowest BCUT2D eigenvalue weighted by Gasteiger charge is -2.17. The van der Waals surface area contributed by atoms with E-state index in [0.29, 0.717) is 28.3 Å². The van der Waals surface area contributed by atoms with E-state index >= 15 is 0 Å². The van der Waals surface area contributed by atoms with Crippen LogP contribution in [-0.2, 0) is 9.59 Å². The Morgan fingerprint density at radius 3 is 2.90 bits per heavy atom. The predicted molar refractivity (Wildman–Crippen MR) is 81.6 cm³/mol. The number of aliphatic carboxylic acids is 1. The maximum Gasteiger partial charge on any atom is 0.303 e. The Bertz CT molecular complexity index is 552. The van der Waals surface area contributed by atoms with E-state index in [4.69, 9.17) is 21.4 Å². The molecule has 0 spiro atoms. The predicted octanol–water partition coefficient (Wildman–Crippen LogP) is 2.80. The minimum atomic E-state index is -0.823. The zero-order valence-corrected chi connectivity index (χ0v) is 13.6. The van der Waals surface area contributed by atoms with Gasteiger partial charge in [-0.05, 0) is 46.5 Å². The molecule has 1 amide bonds. The van der Waals surface area contributed by atoms with Crippen LogP contribution in [0.5, 0.6) is 5.75 Å². The molecule has 1 atom stereocenters. The molecule has 1 fully saturated rings. The van der Waals surface area contributed by atoms with E-state index in [2.05, 4.69) is 15.9 Å². The molecular weight excluding hydrogens is 362 g/mol. The van der Waals surface area contributed by atoms with E-state index in [-0.39, 0.29) is 24.9 Å². The summed E-state index contributed by atoms with van der Waals surface area (Å²) < 4.78 is 6.16. The number of carboxylic acid groups (broad SMARTS) is 1. The van der Waals surface area contributed by atoms with Gasteiger partial charge in [-0.25, -0.2) is 0 Å². The summed E-state index contributed by atoms with van der Waals surface area (Å²) in [6.45, 7) is 0.998. The number of hydrogen-bond donors (Lipinski definition) is 1. The number of ether oxygens (including phenoxy) is 1. The molecule has 7 heteroatoms. The normalized spacial score (nSPS) is 17.8. The molecule has 0 saturated carbocycles. The highest BCUT2D eigenvalue weighted by Gasteiger charge is 2.27. The van der Waals surface area contributed by atoms with Gasteiger partial charge in [0.1, 0.15) is 5.75 Å². The van der Waals surface area contributed by atoms with Crippen LogP contribution in [0.3, 0.4) is 0 Å². The number of halogens is 2. The first-order valence-corrected chi connectivity index (χ1v) is 7.70. The van der Waals surface area contributed by atoms with Gasteiger partial charge in [0.2, 0.25) is 0 Å². The zero-order valence-electron chi connectivity index (χ0n) is 11.2. The van der Waals surface area contributed by atoms with Crippen molar-refractivity contribution in [2.24, 2.45) is 5.92 Å². The Balaban J connectivity index is 1.84. The fourth-order valence-corrected chi connectivity index (χ4v) is 3.09. The van der Waals surface area contributed by atoms with Gasteiger partial charge in [0.25, 0.3) is 5.91 Å². The molecule has 2 rings (SSSR count). The Labute approximate surface area is 136 Å². The average molecular weight is 377 g/mol. The van der Waals surface area contributed by atoms with Crippen molar-refractivity contribution in [2.75, 3.05) is 19.7 Å². The third-order valence-corrected chi connectivity index (χ3v) is 4.20. The minimum Gasteiger partial charge on any atom is -0.483 e. The van der Waals surface area contributed by atoms with Gasteiger partial charge in [0, 0.05) is 24.5 Å². The summed E-state index contributed by atoms with van der Waals surface area (Å²) in [5.41, 5.74) is 0. The van der Waals surface area contributed by atoms with Crippen LogP contribution in [0.25, 0.3) is 0 Å². The van der Waals surface area contributed by atoms with Crippen molar-refractivity contribution in [3.05, 3.63) is 27.7 Å². The Hall–Kier alpha value is -1.27. The number of amides is 1. The molecular formula is C14H15BrClNO4. The summed E-state index contributed by atoms with van der Waals surface area (Å²) in [7, 11) is 0. The van der Waals surface area contributed by atoms with Crippen LogP contribution in [-0.4, -0.2) is 41.6 Å². The molecule has 0 aliphatic carbocycles. The Kier molecular flexibility index (Phi) is 5.47. The molecule has 1 unspecified atom stereocenters. The number of likely N-dealkylation sites (tertiary alicyclic amines) is 1. The monoisotopic (exact) mass is 375 g/mol. The van der Waals surface area contributed by atoms with Gasteiger partial charge in [-0.3, -0.25) is 9.59 Å². The molecule has 1 aromatic carbocycles. The fraction of sp³-hybridized carbons (Fsp3) is 0.429. The highest BCUT2D eigenvalue weighted by atomic mass is 79.9. The molecule has 1 aliphatic rings. The molecule has 1 heterocycles. The summed E-state index contributed by atoms with van der Waals surface area (Å²) in [4.78, 5) is 24.4. The van der Waals surface area contributed by atoms with Gasteiger partial charge < -0.3 is 14.7 Å². The van der Waals surface area contributed by atoms with Gasteiger partial charge >= 0.3 is 5.97 Å². The molecule has 0 radical (unpaired) electrons. The summed E-state index contributed by atoms with van der Waals surface area (Å²) in [5, 5.41) is 9.34. The second-order valence-corrected chi connectivity index (χ2v) is 6.25. The molecule has 0 bridgehead atoms. The van der Waals surface area contributed by atoms with Gasteiger partial charge in [0.15, 0.2) is 6.61 Å². The van der Waals surface area contributed by atoms with E-state index in [1.807, 2.05) is 0 Å². The third-order valence-electron chi connectivity index (χ3n) is 3.35. The van der Waals surface area contributed by atoms with Crippen LogP contribution >= 0.6 is 27.5 Å². The van der Waals surface area contributed by atoms with Crippen molar-refractivity contribution in [1.29, 1.82) is 0 Å². The summed E-state index contributed by atoms with van der Waals surface area (Å²) in [5.74, 6) is -0.372. The van der Waals surface area contributed by atoms with Crippen LogP contribution in [0.2, 0.25) is 5.02 Å². The number of nitrogens with zero attached hydrogens (tertiary/aromatic N) is 1. The molecule has 114 valence electrons. The second-order valence-electron chi connectivity index (χ2n) is 4.96. The lowest BCUT2D eigenvalue weighted by atomic mass is 10.1. The minimum absolute atomic E-state index is 0.0359. The van der Waals surface area contributed by atoms with Crippen molar-refractivity contribution in [2.45, 2.75) is 12.8 Å². The standard InChI is InChI=1S/C14H15BrClNO4/c15-11-6-10(16)1-2-12(11)21-8-13(18)17-4-3-9(7-17)5-14(19)20/h1-2,6,9H,3-5,7-8H2,(H,19,20). The summed E-state index contributed by atoms with van der Waals surface area (Å²) in [6.07, 6.45) is 0.829. The second kappa shape index (κ2) is 7.13. The Morgan fingerprint density at radius 2 is 2.24 bits per heavy atom. The van der Waals surface area contributed by atoms with E-state index < -0.39 is 5.97 Å². The maximum absolute atomic E-state index is 12.0. The van der Waals surface area contributed by atoms with Crippen molar-refractivity contribution >= 4 is 39.4 Å². The summed E-state index contributed by atoms with van der Waals surface area (Å²) in [6, 6.07) is 5.07. The first-order chi connectivity index (χ1) is 9.95. The fourth-order valence-electron chi connectivity index (χ4n) is 2.30. The van der Waals surface area contributed by atoms with Crippen LogP contribution in [0, 0.1) is 5.92 Å². The van der Waals surface area contributed by atoms with Crippen LogP contribution in [0.1, 0.15) is 12.8 Å². The van der Waals surface area contributed by atoms with E-state index in [9.17, 15) is 9.59 Å². The molecule has 5 nitrogen and oxygen atoms in total. The molecule has 1 aromatic rings. The maximum atomic E-state index is 12.0. The first kappa shape index (κ1) is 16.1. The average Bonchev–Trinajstić information content (AvgIpc) is 2.85. The van der Waals surface area contributed by atoms with Crippen molar-refractivity contribution < 1.29 is 19.4 Å². The molecule has 1 N–H and O–H groups in total. The number of carbonyl (C=O) groups is 2. The quantitative estimate of drug-likeness (QED) is 0.858. The van der Waals surface area contributed by atoms with Gasteiger partial charge in [-0.1, -0.05) is 11.6 Å². The molecule has 1 aliphatic heterocycles. The van der Waals surface area contributed by atoms with Gasteiger partial charge in [0.05, 0.1) is 4.47 Å². The molecule has 0 aromatic heterocycles. The SMILES string of the molecule is O=C(O)CC1CCN(C(=O)COc2ccc(Cl)cc2Br)C1. The van der Waals surface area contributed by atoms with Crippen molar-refractivity contribution in [3.8, 4) is 5.75 Å². The highest BCUT2D eigenvalue weighted by Crippen LogP contribution is 2.28.